The Balaban J connectivity index is 1.67. The van der Waals surface area contributed by atoms with Crippen LogP contribution in [0.5, 0.6) is 5.75 Å². The van der Waals surface area contributed by atoms with Crippen molar-refractivity contribution < 1.29 is 18.7 Å². The summed E-state index contributed by atoms with van der Waals surface area (Å²) < 4.78 is 24.8. The van der Waals surface area contributed by atoms with Gasteiger partial charge in [-0.3, -0.25) is 9.88 Å². The summed E-state index contributed by atoms with van der Waals surface area (Å²) in [5.41, 5.74) is 1.57. The maximum Gasteiger partial charge on any atom is 0.410 e. The number of nitrogens with zero attached hydrogens (tertiary/aromatic N) is 3. The molecule has 0 spiro atoms. The highest BCUT2D eigenvalue weighted by molar-refractivity contribution is 5.68. The van der Waals surface area contributed by atoms with E-state index in [1.54, 1.807) is 11.0 Å². The van der Waals surface area contributed by atoms with Crippen molar-refractivity contribution in [2.24, 2.45) is 5.92 Å². The van der Waals surface area contributed by atoms with Gasteiger partial charge < -0.3 is 14.4 Å². The van der Waals surface area contributed by atoms with E-state index >= 15 is 0 Å². The lowest BCUT2D eigenvalue weighted by atomic mass is 10.1. The summed E-state index contributed by atoms with van der Waals surface area (Å²) >= 11 is 0. The van der Waals surface area contributed by atoms with Gasteiger partial charge in [-0.2, -0.15) is 0 Å². The van der Waals surface area contributed by atoms with E-state index in [9.17, 15) is 9.18 Å². The predicted molar refractivity (Wildman–Crippen MR) is 117 cm³/mol. The first-order chi connectivity index (χ1) is 14.9. The maximum absolute atomic E-state index is 13.2. The molecule has 6 nitrogen and oxygen atoms in total. The number of carbonyl (C=O) groups is 1. The molecule has 1 amide bonds. The number of amides is 1. The average Bonchev–Trinajstić information content (AvgIpc) is 2.76. The molecule has 0 aliphatic carbocycles. The number of ether oxygens (including phenoxy) is 2. The molecule has 0 radical (unpaired) electrons. The quantitative estimate of drug-likeness (QED) is 0.619. The van der Waals surface area contributed by atoms with Crippen LogP contribution in [0.2, 0.25) is 0 Å². The Hall–Kier alpha value is -2.67. The molecule has 1 aromatic carbocycles. The number of hydrogen-bond donors (Lipinski definition) is 0. The number of carbonyl (C=O) groups excluding carboxylic acids is 1. The third-order valence-corrected chi connectivity index (χ3v) is 5.21. The smallest absolute Gasteiger partial charge is 0.410 e. The fourth-order valence-electron chi connectivity index (χ4n) is 3.37. The van der Waals surface area contributed by atoms with Gasteiger partial charge in [0.15, 0.2) is 0 Å². The third-order valence-electron chi connectivity index (χ3n) is 5.21. The van der Waals surface area contributed by atoms with Gasteiger partial charge in [0.1, 0.15) is 17.7 Å². The minimum Gasteiger partial charge on any atom is -0.493 e. The first-order valence-corrected chi connectivity index (χ1v) is 10.9. The SMILES string of the molecule is CC(C)COc1ccc(CN(Cc2ccc(F)cn2)C(=O)OC2CCN(C)CC2)cc1. The van der Waals surface area contributed by atoms with Crippen molar-refractivity contribution in [3.63, 3.8) is 0 Å². The van der Waals surface area contributed by atoms with Gasteiger partial charge in [0, 0.05) is 19.6 Å². The van der Waals surface area contributed by atoms with Crippen molar-refractivity contribution in [3.8, 4) is 5.75 Å². The minimum atomic E-state index is -0.402. The van der Waals surface area contributed by atoms with E-state index in [0.717, 1.165) is 43.4 Å². The lowest BCUT2D eigenvalue weighted by Crippen LogP contribution is -2.39. The van der Waals surface area contributed by atoms with E-state index < -0.39 is 5.82 Å². The summed E-state index contributed by atoms with van der Waals surface area (Å²) in [5, 5.41) is 0. The Morgan fingerprint density at radius 2 is 1.87 bits per heavy atom. The highest BCUT2D eigenvalue weighted by Gasteiger charge is 2.24. The molecule has 7 heteroatoms. The highest BCUT2D eigenvalue weighted by Crippen LogP contribution is 2.19. The second-order valence-electron chi connectivity index (χ2n) is 8.56. The van der Waals surface area contributed by atoms with Crippen LogP contribution in [-0.2, 0) is 17.8 Å². The van der Waals surface area contributed by atoms with Crippen LogP contribution in [0.3, 0.4) is 0 Å². The van der Waals surface area contributed by atoms with E-state index in [4.69, 9.17) is 9.47 Å². The van der Waals surface area contributed by atoms with Crippen LogP contribution < -0.4 is 4.74 Å². The Morgan fingerprint density at radius 3 is 2.48 bits per heavy atom. The molecule has 31 heavy (non-hydrogen) atoms. The number of halogens is 1. The van der Waals surface area contributed by atoms with Gasteiger partial charge in [-0.1, -0.05) is 26.0 Å². The normalized spacial score (nSPS) is 15.1. The van der Waals surface area contributed by atoms with E-state index in [-0.39, 0.29) is 18.7 Å². The molecule has 1 aromatic heterocycles. The number of benzene rings is 1. The topological polar surface area (TPSA) is 54.9 Å². The van der Waals surface area contributed by atoms with E-state index in [2.05, 4.69) is 30.8 Å². The molecule has 2 aromatic rings. The largest absolute Gasteiger partial charge is 0.493 e. The molecule has 1 aliphatic heterocycles. The zero-order chi connectivity index (χ0) is 22.2. The molecule has 0 N–H and O–H groups in total. The predicted octanol–water partition coefficient (Wildman–Crippen LogP) is 4.49. The van der Waals surface area contributed by atoms with Crippen molar-refractivity contribution in [1.29, 1.82) is 0 Å². The summed E-state index contributed by atoms with van der Waals surface area (Å²) in [6.07, 6.45) is 2.36. The van der Waals surface area contributed by atoms with Gasteiger partial charge in [-0.05, 0) is 55.6 Å². The van der Waals surface area contributed by atoms with Crippen LogP contribution in [0, 0.1) is 11.7 Å². The molecule has 168 valence electrons. The van der Waals surface area contributed by atoms with Crippen molar-refractivity contribution in [2.75, 3.05) is 26.7 Å². The second-order valence-corrected chi connectivity index (χ2v) is 8.56. The maximum atomic E-state index is 13.2. The summed E-state index contributed by atoms with van der Waals surface area (Å²) in [5.74, 6) is 0.854. The first kappa shape index (κ1) is 23.0. The molecule has 0 unspecified atom stereocenters. The van der Waals surface area contributed by atoms with E-state index in [1.807, 2.05) is 24.3 Å². The zero-order valence-corrected chi connectivity index (χ0v) is 18.6. The molecule has 3 rings (SSSR count). The van der Waals surface area contributed by atoms with Gasteiger partial charge >= 0.3 is 6.09 Å². The fourth-order valence-corrected chi connectivity index (χ4v) is 3.37. The number of aromatic nitrogens is 1. The monoisotopic (exact) mass is 429 g/mol. The molecule has 1 saturated heterocycles. The summed E-state index contributed by atoms with van der Waals surface area (Å²) in [6.45, 7) is 7.30. The number of rotatable bonds is 8. The molecule has 1 fully saturated rings. The second kappa shape index (κ2) is 11.1. The Labute approximate surface area is 184 Å². The Bertz CT molecular complexity index is 819. The highest BCUT2D eigenvalue weighted by atomic mass is 19.1. The fraction of sp³-hybridized carbons (Fsp3) is 0.500. The van der Waals surface area contributed by atoms with Gasteiger partial charge in [0.2, 0.25) is 0 Å². The van der Waals surface area contributed by atoms with Crippen LogP contribution >= 0.6 is 0 Å². The van der Waals surface area contributed by atoms with Crippen molar-refractivity contribution in [2.45, 2.75) is 45.9 Å². The van der Waals surface area contributed by atoms with Crippen molar-refractivity contribution >= 4 is 6.09 Å². The van der Waals surface area contributed by atoms with E-state index in [1.165, 1.54) is 6.07 Å². The van der Waals surface area contributed by atoms with Crippen LogP contribution in [0.1, 0.15) is 37.9 Å². The van der Waals surface area contributed by atoms with Crippen LogP contribution in [-0.4, -0.2) is 53.7 Å². The van der Waals surface area contributed by atoms with Crippen molar-refractivity contribution in [3.05, 3.63) is 59.7 Å². The summed E-state index contributed by atoms with van der Waals surface area (Å²) in [7, 11) is 2.07. The van der Waals surface area contributed by atoms with E-state index in [0.29, 0.717) is 24.8 Å². The third kappa shape index (κ3) is 7.51. The zero-order valence-electron chi connectivity index (χ0n) is 18.6. The number of pyridine rings is 1. The van der Waals surface area contributed by atoms with Crippen LogP contribution in [0.4, 0.5) is 9.18 Å². The van der Waals surface area contributed by atoms with Crippen LogP contribution in [0.15, 0.2) is 42.6 Å². The molecule has 0 saturated carbocycles. The molecule has 1 aliphatic rings. The lowest BCUT2D eigenvalue weighted by molar-refractivity contribution is 0.0296. The standard InChI is InChI=1S/C24H32FN3O3/c1-18(2)17-30-22-8-4-19(5-9-22)15-28(16-21-7-6-20(25)14-26-21)24(29)31-23-10-12-27(3)13-11-23/h4-9,14,18,23H,10-13,15-17H2,1-3H3. The van der Waals surface area contributed by atoms with Crippen LogP contribution in [0.25, 0.3) is 0 Å². The van der Waals surface area contributed by atoms with Gasteiger partial charge in [0.25, 0.3) is 0 Å². The van der Waals surface area contributed by atoms with Crippen molar-refractivity contribution in [1.82, 2.24) is 14.8 Å². The molecule has 2 heterocycles. The van der Waals surface area contributed by atoms with Gasteiger partial charge in [0.05, 0.1) is 25.0 Å². The Morgan fingerprint density at radius 1 is 1.16 bits per heavy atom. The minimum absolute atomic E-state index is 0.0841. The molecular formula is C24H32FN3O3. The van der Waals surface area contributed by atoms with Gasteiger partial charge in [-0.25, -0.2) is 9.18 Å². The number of likely N-dealkylation sites (tertiary alicyclic amines) is 1. The Kier molecular flexibility index (Phi) is 8.23. The number of hydrogen-bond acceptors (Lipinski definition) is 5. The molecule has 0 atom stereocenters. The summed E-state index contributed by atoms with van der Waals surface area (Å²) in [6, 6.07) is 10.7. The molecular weight excluding hydrogens is 397 g/mol. The van der Waals surface area contributed by atoms with Gasteiger partial charge in [-0.15, -0.1) is 0 Å². The first-order valence-electron chi connectivity index (χ1n) is 10.9. The number of piperidine rings is 1. The summed E-state index contributed by atoms with van der Waals surface area (Å²) in [4.78, 5) is 20.9. The average molecular weight is 430 g/mol. The lowest BCUT2D eigenvalue weighted by Gasteiger charge is -2.31. The molecule has 0 bridgehead atoms.